The molecule has 4 aromatic rings. The van der Waals surface area contributed by atoms with Gasteiger partial charge in [-0.05, 0) is 60.0 Å². The quantitative estimate of drug-likeness (QED) is 0.479. The zero-order valence-electron chi connectivity index (χ0n) is 14.7. The van der Waals surface area contributed by atoms with E-state index in [4.69, 9.17) is 9.52 Å². The zero-order valence-corrected chi connectivity index (χ0v) is 14.7. The van der Waals surface area contributed by atoms with Crippen LogP contribution in [0.5, 0.6) is 0 Å². The van der Waals surface area contributed by atoms with Crippen molar-refractivity contribution in [3.05, 3.63) is 89.0 Å². The summed E-state index contributed by atoms with van der Waals surface area (Å²) in [5, 5.41) is 8.96. The van der Waals surface area contributed by atoms with Crippen molar-refractivity contribution in [3.8, 4) is 11.5 Å². The predicted molar refractivity (Wildman–Crippen MR) is 107 cm³/mol. The van der Waals surface area contributed by atoms with Gasteiger partial charge < -0.3 is 9.52 Å². The molecule has 27 heavy (non-hydrogen) atoms. The van der Waals surface area contributed by atoms with Gasteiger partial charge in [-0.15, -0.1) is 0 Å². The molecule has 0 aliphatic carbocycles. The average molecular weight is 355 g/mol. The van der Waals surface area contributed by atoms with Gasteiger partial charge >= 0.3 is 5.97 Å². The molecule has 0 aliphatic rings. The van der Waals surface area contributed by atoms with Crippen LogP contribution in [-0.2, 0) is 0 Å². The van der Waals surface area contributed by atoms with Crippen molar-refractivity contribution in [1.82, 2.24) is 4.98 Å². The molecule has 0 radical (unpaired) electrons. The lowest BCUT2D eigenvalue weighted by Crippen LogP contribution is -1.94. The van der Waals surface area contributed by atoms with Crippen molar-refractivity contribution in [2.24, 2.45) is 0 Å². The molecule has 0 saturated heterocycles. The van der Waals surface area contributed by atoms with E-state index in [0.717, 1.165) is 33.4 Å². The predicted octanol–water partition coefficient (Wildman–Crippen LogP) is 5.67. The van der Waals surface area contributed by atoms with E-state index in [2.05, 4.69) is 11.1 Å². The van der Waals surface area contributed by atoms with Crippen LogP contribution in [0.15, 0.2) is 71.1 Å². The van der Waals surface area contributed by atoms with Crippen molar-refractivity contribution >= 4 is 29.2 Å². The van der Waals surface area contributed by atoms with Gasteiger partial charge in [0.15, 0.2) is 5.58 Å². The lowest BCUT2D eigenvalue weighted by Gasteiger charge is -2.03. The Hall–Kier alpha value is -3.66. The first-order valence-electron chi connectivity index (χ1n) is 8.58. The van der Waals surface area contributed by atoms with E-state index in [0.29, 0.717) is 5.89 Å². The molecule has 3 aromatic carbocycles. The lowest BCUT2D eigenvalue weighted by atomic mass is 10.0. The standard InChI is InChI=1S/C23H17NO3/c1-15-14-19(22-24-20-4-2-3-5-21(20)27-22)13-12-17(15)9-6-16-7-10-18(11-8-16)23(25)26/h2-14H,1H3,(H,25,26)/b9-6+. The molecule has 0 amide bonds. The number of fused-ring (bicyclic) bond motifs is 1. The molecule has 0 unspecified atom stereocenters. The number of para-hydroxylation sites is 2. The Bertz CT molecular complexity index is 1120. The normalized spacial score (nSPS) is 11.3. The highest BCUT2D eigenvalue weighted by Crippen LogP contribution is 2.26. The maximum absolute atomic E-state index is 10.9. The van der Waals surface area contributed by atoms with Crippen molar-refractivity contribution in [3.63, 3.8) is 0 Å². The first-order chi connectivity index (χ1) is 13.1. The topological polar surface area (TPSA) is 63.3 Å². The molecule has 4 rings (SSSR count). The van der Waals surface area contributed by atoms with Crippen molar-refractivity contribution in [2.45, 2.75) is 6.92 Å². The summed E-state index contributed by atoms with van der Waals surface area (Å²) in [7, 11) is 0. The number of aryl methyl sites for hydroxylation is 1. The summed E-state index contributed by atoms with van der Waals surface area (Å²) in [6, 6.07) is 20.6. The Balaban J connectivity index is 1.58. The van der Waals surface area contributed by atoms with Crippen LogP contribution in [0.1, 0.15) is 27.0 Å². The van der Waals surface area contributed by atoms with Crippen LogP contribution < -0.4 is 0 Å². The van der Waals surface area contributed by atoms with Gasteiger partial charge in [0, 0.05) is 5.56 Å². The van der Waals surface area contributed by atoms with Gasteiger partial charge in [0.2, 0.25) is 5.89 Å². The molecular formula is C23H17NO3. The molecule has 0 spiro atoms. The number of carboxylic acid groups (broad SMARTS) is 1. The monoisotopic (exact) mass is 355 g/mol. The van der Waals surface area contributed by atoms with Crippen LogP contribution in [0.4, 0.5) is 0 Å². The van der Waals surface area contributed by atoms with Crippen molar-refractivity contribution < 1.29 is 14.3 Å². The molecule has 0 aliphatic heterocycles. The molecule has 0 fully saturated rings. The molecule has 0 saturated carbocycles. The average Bonchev–Trinajstić information content (AvgIpc) is 3.11. The number of aromatic nitrogens is 1. The van der Waals surface area contributed by atoms with E-state index in [1.807, 2.05) is 55.5 Å². The van der Waals surface area contributed by atoms with E-state index < -0.39 is 5.97 Å². The first-order valence-corrected chi connectivity index (χ1v) is 8.58. The molecule has 1 heterocycles. The smallest absolute Gasteiger partial charge is 0.335 e. The lowest BCUT2D eigenvalue weighted by molar-refractivity contribution is 0.0697. The highest BCUT2D eigenvalue weighted by Gasteiger charge is 2.08. The van der Waals surface area contributed by atoms with Crippen LogP contribution in [0.25, 0.3) is 34.7 Å². The van der Waals surface area contributed by atoms with Crippen LogP contribution in [-0.4, -0.2) is 16.1 Å². The van der Waals surface area contributed by atoms with E-state index in [1.54, 1.807) is 24.3 Å². The van der Waals surface area contributed by atoms with Gasteiger partial charge in [-0.1, -0.05) is 42.5 Å². The van der Waals surface area contributed by atoms with Crippen molar-refractivity contribution in [2.75, 3.05) is 0 Å². The SMILES string of the molecule is Cc1cc(-c2nc3ccccc3o2)ccc1/C=C/c1ccc(C(=O)O)cc1. The maximum atomic E-state index is 10.9. The highest BCUT2D eigenvalue weighted by atomic mass is 16.4. The van der Waals surface area contributed by atoms with Gasteiger partial charge in [0.1, 0.15) is 5.52 Å². The summed E-state index contributed by atoms with van der Waals surface area (Å²) in [6.07, 6.45) is 3.98. The molecule has 0 atom stereocenters. The van der Waals surface area contributed by atoms with Crippen LogP contribution in [0, 0.1) is 6.92 Å². The molecular weight excluding hydrogens is 338 g/mol. The summed E-state index contributed by atoms with van der Waals surface area (Å²) in [5.74, 6) is -0.310. The Morgan fingerprint density at radius 2 is 1.78 bits per heavy atom. The van der Waals surface area contributed by atoms with Crippen LogP contribution in [0.3, 0.4) is 0 Å². The van der Waals surface area contributed by atoms with E-state index >= 15 is 0 Å². The maximum Gasteiger partial charge on any atom is 0.335 e. The highest BCUT2D eigenvalue weighted by molar-refractivity contribution is 5.88. The van der Waals surface area contributed by atoms with Gasteiger partial charge in [-0.25, -0.2) is 9.78 Å². The number of rotatable bonds is 4. The second-order valence-electron chi connectivity index (χ2n) is 6.32. The summed E-state index contributed by atoms with van der Waals surface area (Å²) >= 11 is 0. The van der Waals surface area contributed by atoms with Crippen LogP contribution in [0.2, 0.25) is 0 Å². The van der Waals surface area contributed by atoms with Crippen LogP contribution >= 0.6 is 0 Å². The second-order valence-corrected chi connectivity index (χ2v) is 6.32. The minimum Gasteiger partial charge on any atom is -0.478 e. The zero-order chi connectivity index (χ0) is 18.8. The number of carboxylic acids is 1. The third kappa shape index (κ3) is 3.51. The van der Waals surface area contributed by atoms with Gasteiger partial charge in [-0.3, -0.25) is 0 Å². The van der Waals surface area contributed by atoms with E-state index in [-0.39, 0.29) is 5.56 Å². The largest absolute Gasteiger partial charge is 0.478 e. The van der Waals surface area contributed by atoms with Gasteiger partial charge in [0.25, 0.3) is 0 Å². The molecule has 132 valence electrons. The number of nitrogens with zero attached hydrogens (tertiary/aromatic N) is 1. The Labute approximate surface area is 156 Å². The number of carbonyl (C=O) groups is 1. The minimum absolute atomic E-state index is 0.283. The molecule has 4 heteroatoms. The van der Waals surface area contributed by atoms with E-state index in [1.165, 1.54) is 0 Å². The second kappa shape index (κ2) is 6.92. The Morgan fingerprint density at radius 1 is 1.00 bits per heavy atom. The molecule has 0 bridgehead atoms. The summed E-state index contributed by atoms with van der Waals surface area (Å²) in [6.45, 7) is 2.04. The summed E-state index contributed by atoms with van der Waals surface area (Å²) in [5.41, 5.74) is 5.98. The summed E-state index contributed by atoms with van der Waals surface area (Å²) in [4.78, 5) is 15.4. The summed E-state index contributed by atoms with van der Waals surface area (Å²) < 4.78 is 5.83. The molecule has 1 aromatic heterocycles. The minimum atomic E-state index is -0.920. The molecule has 1 N–H and O–H groups in total. The Morgan fingerprint density at radius 3 is 2.48 bits per heavy atom. The first kappa shape index (κ1) is 16.8. The number of benzene rings is 3. The Kier molecular flexibility index (Phi) is 4.30. The third-order valence-electron chi connectivity index (χ3n) is 4.42. The molecule has 4 nitrogen and oxygen atoms in total. The fourth-order valence-electron chi connectivity index (χ4n) is 2.91. The number of oxazole rings is 1. The fraction of sp³-hybridized carbons (Fsp3) is 0.0435. The fourth-order valence-corrected chi connectivity index (χ4v) is 2.91. The number of hydrogen-bond donors (Lipinski definition) is 1. The van der Waals surface area contributed by atoms with Gasteiger partial charge in [0.05, 0.1) is 5.56 Å². The number of aromatic carboxylic acids is 1. The van der Waals surface area contributed by atoms with Gasteiger partial charge in [-0.2, -0.15) is 0 Å². The number of hydrogen-bond acceptors (Lipinski definition) is 3. The van der Waals surface area contributed by atoms with Crippen molar-refractivity contribution in [1.29, 1.82) is 0 Å². The van der Waals surface area contributed by atoms with E-state index in [9.17, 15) is 4.79 Å². The third-order valence-corrected chi connectivity index (χ3v) is 4.42.